The molecule has 8 heteroatoms. The third-order valence-corrected chi connectivity index (χ3v) is 3.58. The van der Waals surface area contributed by atoms with Gasteiger partial charge in [0, 0.05) is 16.6 Å². The number of amides is 2. The lowest BCUT2D eigenvalue weighted by atomic mass is 10.1. The minimum atomic E-state index is -0.792. The lowest BCUT2D eigenvalue weighted by Gasteiger charge is -2.12. The van der Waals surface area contributed by atoms with Crippen molar-refractivity contribution in [3.63, 3.8) is 0 Å². The maximum atomic E-state index is 13.0. The highest BCUT2D eigenvalue weighted by atomic mass is 35.5. The Morgan fingerprint density at radius 1 is 1.11 bits per heavy atom. The molecule has 0 radical (unpaired) electrons. The minimum Gasteiger partial charge on any atom is -0.452 e. The molecular formula is C19H18ClFN2O4. The summed E-state index contributed by atoms with van der Waals surface area (Å²) in [5.41, 5.74) is 0.352. The molecule has 2 aromatic carbocycles. The first-order valence-corrected chi connectivity index (χ1v) is 8.47. The van der Waals surface area contributed by atoms with E-state index in [0.29, 0.717) is 5.02 Å². The molecule has 0 aliphatic rings. The molecule has 2 amide bonds. The van der Waals surface area contributed by atoms with Gasteiger partial charge in [-0.1, -0.05) is 11.6 Å². The van der Waals surface area contributed by atoms with E-state index in [2.05, 4.69) is 10.6 Å². The maximum Gasteiger partial charge on any atom is 0.340 e. The zero-order valence-corrected chi connectivity index (χ0v) is 15.5. The van der Waals surface area contributed by atoms with E-state index in [4.69, 9.17) is 16.3 Å². The van der Waals surface area contributed by atoms with Crippen molar-refractivity contribution in [1.29, 1.82) is 0 Å². The summed E-state index contributed by atoms with van der Waals surface area (Å²) in [6, 6.07) is 9.05. The summed E-state index contributed by atoms with van der Waals surface area (Å²) < 4.78 is 18.0. The quantitative estimate of drug-likeness (QED) is 0.738. The van der Waals surface area contributed by atoms with Crippen LogP contribution >= 0.6 is 11.6 Å². The lowest BCUT2D eigenvalue weighted by molar-refractivity contribution is -0.124. The van der Waals surface area contributed by atoms with Crippen molar-refractivity contribution < 1.29 is 23.5 Å². The second kappa shape index (κ2) is 9.14. The zero-order valence-electron chi connectivity index (χ0n) is 14.7. The molecule has 0 saturated heterocycles. The summed E-state index contributed by atoms with van der Waals surface area (Å²) in [5, 5.41) is 5.42. The molecular weight excluding hydrogens is 375 g/mol. The SMILES string of the molecule is CC(C)NC(=O)COC(=O)c1ccc(Cl)cc1NC(=O)c1ccc(F)cc1. The van der Waals surface area contributed by atoms with Crippen LogP contribution in [-0.2, 0) is 9.53 Å². The number of ether oxygens (including phenoxy) is 1. The van der Waals surface area contributed by atoms with Gasteiger partial charge in [0.25, 0.3) is 11.8 Å². The van der Waals surface area contributed by atoms with Crippen molar-refractivity contribution in [1.82, 2.24) is 5.32 Å². The molecule has 2 rings (SSSR count). The molecule has 2 N–H and O–H groups in total. The summed E-state index contributed by atoms with van der Waals surface area (Å²) >= 11 is 5.94. The van der Waals surface area contributed by atoms with Crippen LogP contribution in [0, 0.1) is 5.82 Å². The summed E-state index contributed by atoms with van der Waals surface area (Å²) in [5.74, 6) is -2.26. The summed E-state index contributed by atoms with van der Waals surface area (Å²) in [4.78, 5) is 36.2. The van der Waals surface area contributed by atoms with Crippen molar-refractivity contribution in [2.45, 2.75) is 19.9 Å². The van der Waals surface area contributed by atoms with Crippen molar-refractivity contribution in [3.05, 3.63) is 64.4 Å². The van der Waals surface area contributed by atoms with Crippen LogP contribution < -0.4 is 10.6 Å². The molecule has 0 aliphatic carbocycles. The van der Waals surface area contributed by atoms with Crippen LogP contribution in [0.5, 0.6) is 0 Å². The Morgan fingerprint density at radius 2 is 1.78 bits per heavy atom. The number of anilines is 1. The van der Waals surface area contributed by atoms with Crippen molar-refractivity contribution in [2.75, 3.05) is 11.9 Å². The Bertz CT molecular complexity index is 853. The molecule has 0 fully saturated rings. The van der Waals surface area contributed by atoms with Crippen LogP contribution in [0.4, 0.5) is 10.1 Å². The van der Waals surface area contributed by atoms with Crippen LogP contribution in [-0.4, -0.2) is 30.4 Å². The van der Waals surface area contributed by atoms with Gasteiger partial charge in [0.2, 0.25) is 0 Å². The predicted octanol–water partition coefficient (Wildman–Crippen LogP) is 3.41. The Labute approximate surface area is 160 Å². The van der Waals surface area contributed by atoms with Gasteiger partial charge in [-0.05, 0) is 56.3 Å². The fourth-order valence-corrected chi connectivity index (χ4v) is 2.34. The molecule has 0 heterocycles. The molecule has 0 spiro atoms. The molecule has 0 saturated carbocycles. The smallest absolute Gasteiger partial charge is 0.340 e. The molecule has 27 heavy (non-hydrogen) atoms. The van der Waals surface area contributed by atoms with E-state index in [1.165, 1.54) is 30.3 Å². The standard InChI is InChI=1S/C19H18ClFN2O4/c1-11(2)22-17(24)10-27-19(26)15-8-5-13(20)9-16(15)23-18(25)12-3-6-14(21)7-4-12/h3-9,11H,10H2,1-2H3,(H,22,24)(H,23,25). The van der Waals surface area contributed by atoms with Crippen molar-refractivity contribution >= 4 is 35.1 Å². The Hall–Kier alpha value is -2.93. The van der Waals surface area contributed by atoms with Gasteiger partial charge < -0.3 is 15.4 Å². The van der Waals surface area contributed by atoms with Crippen molar-refractivity contribution in [2.24, 2.45) is 0 Å². The number of rotatable bonds is 6. The first-order valence-electron chi connectivity index (χ1n) is 8.09. The number of esters is 1. The average Bonchev–Trinajstić information content (AvgIpc) is 2.59. The molecule has 142 valence electrons. The molecule has 0 unspecified atom stereocenters. The van der Waals surface area contributed by atoms with Crippen LogP contribution in [0.25, 0.3) is 0 Å². The van der Waals surface area contributed by atoms with Gasteiger partial charge in [0.05, 0.1) is 11.3 Å². The molecule has 0 atom stereocenters. The third kappa shape index (κ3) is 6.07. The van der Waals surface area contributed by atoms with E-state index in [9.17, 15) is 18.8 Å². The molecule has 6 nitrogen and oxygen atoms in total. The second-order valence-electron chi connectivity index (χ2n) is 5.95. The summed E-state index contributed by atoms with van der Waals surface area (Å²) in [6.07, 6.45) is 0. The first kappa shape index (κ1) is 20.4. The second-order valence-corrected chi connectivity index (χ2v) is 6.39. The van der Waals surface area contributed by atoms with E-state index < -0.39 is 30.2 Å². The number of halogens is 2. The Kier molecular flexibility index (Phi) is 6.90. The van der Waals surface area contributed by atoms with Crippen molar-refractivity contribution in [3.8, 4) is 0 Å². The molecule has 0 bridgehead atoms. The Morgan fingerprint density at radius 3 is 2.41 bits per heavy atom. The van der Waals surface area contributed by atoms with Gasteiger partial charge in [-0.25, -0.2) is 9.18 Å². The van der Waals surface area contributed by atoms with Gasteiger partial charge >= 0.3 is 5.97 Å². The largest absolute Gasteiger partial charge is 0.452 e. The van der Waals surface area contributed by atoms with Gasteiger partial charge in [0.1, 0.15) is 5.82 Å². The number of benzene rings is 2. The topological polar surface area (TPSA) is 84.5 Å². The van der Waals surface area contributed by atoms with Crippen LogP contribution in [0.2, 0.25) is 5.02 Å². The van der Waals surface area contributed by atoms with Crippen LogP contribution in [0.3, 0.4) is 0 Å². The van der Waals surface area contributed by atoms with Gasteiger partial charge in [-0.2, -0.15) is 0 Å². The minimum absolute atomic E-state index is 0.0345. The van der Waals surface area contributed by atoms with E-state index in [0.717, 1.165) is 12.1 Å². The molecule has 0 aromatic heterocycles. The number of hydrogen-bond acceptors (Lipinski definition) is 4. The normalized spacial score (nSPS) is 10.4. The van der Waals surface area contributed by atoms with E-state index in [-0.39, 0.29) is 22.9 Å². The van der Waals surface area contributed by atoms with Gasteiger partial charge in [-0.15, -0.1) is 0 Å². The monoisotopic (exact) mass is 392 g/mol. The predicted molar refractivity (Wildman–Crippen MR) is 99.4 cm³/mol. The number of carbonyl (C=O) groups is 3. The average molecular weight is 393 g/mol. The number of hydrogen-bond donors (Lipinski definition) is 2. The van der Waals surface area contributed by atoms with Gasteiger partial charge in [-0.3, -0.25) is 9.59 Å². The number of nitrogens with one attached hydrogen (secondary N) is 2. The van der Waals surface area contributed by atoms with Crippen LogP contribution in [0.1, 0.15) is 34.6 Å². The lowest BCUT2D eigenvalue weighted by Crippen LogP contribution is -2.34. The molecule has 2 aromatic rings. The van der Waals surface area contributed by atoms with E-state index >= 15 is 0 Å². The Balaban J connectivity index is 2.13. The van der Waals surface area contributed by atoms with Gasteiger partial charge in [0.15, 0.2) is 6.61 Å². The number of carbonyl (C=O) groups excluding carboxylic acids is 3. The highest BCUT2D eigenvalue weighted by Gasteiger charge is 2.17. The van der Waals surface area contributed by atoms with E-state index in [1.807, 2.05) is 0 Å². The maximum absolute atomic E-state index is 13.0. The first-order chi connectivity index (χ1) is 12.8. The summed E-state index contributed by atoms with van der Waals surface area (Å²) in [7, 11) is 0. The summed E-state index contributed by atoms with van der Waals surface area (Å²) in [6.45, 7) is 3.11. The highest BCUT2D eigenvalue weighted by molar-refractivity contribution is 6.31. The fraction of sp³-hybridized carbons (Fsp3) is 0.211. The van der Waals surface area contributed by atoms with E-state index in [1.54, 1.807) is 13.8 Å². The third-order valence-electron chi connectivity index (χ3n) is 3.34. The highest BCUT2D eigenvalue weighted by Crippen LogP contribution is 2.23. The zero-order chi connectivity index (χ0) is 20.0. The molecule has 0 aliphatic heterocycles. The van der Waals surface area contributed by atoms with Crippen LogP contribution in [0.15, 0.2) is 42.5 Å². The fourth-order valence-electron chi connectivity index (χ4n) is 2.17.